The molecule has 114 valence electrons. The van der Waals surface area contributed by atoms with Gasteiger partial charge in [-0.3, -0.25) is 0 Å². The highest BCUT2D eigenvalue weighted by atomic mass is 32.2. The van der Waals surface area contributed by atoms with Crippen LogP contribution in [0.3, 0.4) is 0 Å². The molecule has 0 unspecified atom stereocenters. The first-order valence-corrected chi connectivity index (χ1v) is 8.47. The number of hydrogen-bond donors (Lipinski definition) is 3. The molecule has 1 aliphatic carbocycles. The summed E-state index contributed by atoms with van der Waals surface area (Å²) in [6.45, 7) is 0.654. The number of nitrogens with two attached hydrogens (primary N) is 1. The Morgan fingerprint density at radius 3 is 2.90 bits per heavy atom. The topological polar surface area (TPSA) is 106 Å². The standard InChI is InChI=1S/C13H19N5O2S/c14-8-11-7-12(9-18(11)10-1-2-10)21(19,20)17-4-3-13-15-5-6-16-13/h5-7,9-10,17H,1-4,8,14H2,(H,15,16). The molecule has 1 fully saturated rings. The Hall–Kier alpha value is -1.64. The minimum absolute atomic E-state index is 0.286. The summed E-state index contributed by atoms with van der Waals surface area (Å²) in [5.74, 6) is 0.760. The molecule has 2 heterocycles. The molecule has 8 heteroatoms. The van der Waals surface area contributed by atoms with Crippen LogP contribution >= 0.6 is 0 Å². The average Bonchev–Trinajstić information content (AvgIpc) is 3.00. The lowest BCUT2D eigenvalue weighted by molar-refractivity contribution is 0.580. The van der Waals surface area contributed by atoms with Gasteiger partial charge in [-0.05, 0) is 18.9 Å². The lowest BCUT2D eigenvalue weighted by Gasteiger charge is -2.04. The molecule has 4 N–H and O–H groups in total. The number of nitrogens with zero attached hydrogens (tertiary/aromatic N) is 2. The predicted octanol–water partition coefficient (Wildman–Crippen LogP) is 0.526. The van der Waals surface area contributed by atoms with Crippen molar-refractivity contribution in [3.63, 3.8) is 0 Å². The quantitative estimate of drug-likeness (QED) is 0.693. The predicted molar refractivity (Wildman–Crippen MR) is 78.1 cm³/mol. The van der Waals surface area contributed by atoms with Crippen LogP contribution < -0.4 is 10.5 Å². The van der Waals surface area contributed by atoms with Crippen molar-refractivity contribution < 1.29 is 8.42 Å². The van der Waals surface area contributed by atoms with E-state index in [2.05, 4.69) is 14.7 Å². The van der Waals surface area contributed by atoms with Gasteiger partial charge in [-0.25, -0.2) is 18.1 Å². The van der Waals surface area contributed by atoms with E-state index in [0.717, 1.165) is 24.4 Å². The number of aromatic nitrogens is 3. The minimum atomic E-state index is -3.50. The number of nitrogens with one attached hydrogen (secondary N) is 2. The van der Waals surface area contributed by atoms with Gasteiger partial charge in [-0.1, -0.05) is 0 Å². The molecule has 7 nitrogen and oxygen atoms in total. The van der Waals surface area contributed by atoms with Gasteiger partial charge in [0.15, 0.2) is 0 Å². The minimum Gasteiger partial charge on any atom is -0.349 e. The van der Waals surface area contributed by atoms with Crippen molar-refractivity contribution in [2.45, 2.75) is 36.7 Å². The fraction of sp³-hybridized carbons (Fsp3) is 0.462. The van der Waals surface area contributed by atoms with Gasteiger partial charge in [0.25, 0.3) is 0 Å². The van der Waals surface area contributed by atoms with Crippen LogP contribution in [0.15, 0.2) is 29.6 Å². The Kier molecular flexibility index (Phi) is 3.83. The summed E-state index contributed by atoms with van der Waals surface area (Å²) in [5, 5.41) is 0. The maximum absolute atomic E-state index is 12.3. The van der Waals surface area contributed by atoms with Crippen LogP contribution in [0, 0.1) is 0 Å². The number of rotatable bonds is 7. The van der Waals surface area contributed by atoms with Crippen LogP contribution in [0.5, 0.6) is 0 Å². The third-order valence-electron chi connectivity index (χ3n) is 3.58. The summed E-state index contributed by atoms with van der Waals surface area (Å²) in [5.41, 5.74) is 6.55. The van der Waals surface area contributed by atoms with Crippen LogP contribution in [0.25, 0.3) is 0 Å². The van der Waals surface area contributed by atoms with E-state index >= 15 is 0 Å². The SMILES string of the molecule is NCc1cc(S(=O)(=O)NCCc2ncc[nH]2)cn1C1CC1. The first-order chi connectivity index (χ1) is 10.1. The second-order valence-electron chi connectivity index (χ2n) is 5.19. The van der Waals surface area contributed by atoms with E-state index in [1.54, 1.807) is 24.7 Å². The van der Waals surface area contributed by atoms with E-state index in [4.69, 9.17) is 5.73 Å². The van der Waals surface area contributed by atoms with Crippen molar-refractivity contribution in [1.82, 2.24) is 19.3 Å². The Morgan fingerprint density at radius 1 is 1.48 bits per heavy atom. The summed E-state index contributed by atoms with van der Waals surface area (Å²) >= 11 is 0. The molecule has 0 atom stereocenters. The second-order valence-corrected chi connectivity index (χ2v) is 6.96. The first kappa shape index (κ1) is 14.3. The summed E-state index contributed by atoms with van der Waals surface area (Å²) in [6, 6.07) is 2.07. The molecule has 0 spiro atoms. The number of aromatic amines is 1. The van der Waals surface area contributed by atoms with Gasteiger partial charge in [-0.15, -0.1) is 0 Å². The maximum Gasteiger partial charge on any atom is 0.242 e. The fourth-order valence-corrected chi connectivity index (χ4v) is 3.40. The van der Waals surface area contributed by atoms with Gasteiger partial charge < -0.3 is 15.3 Å². The molecule has 0 radical (unpaired) electrons. The lowest BCUT2D eigenvalue weighted by Crippen LogP contribution is -2.26. The summed E-state index contributed by atoms with van der Waals surface area (Å²) in [7, 11) is -3.50. The van der Waals surface area contributed by atoms with Gasteiger partial charge >= 0.3 is 0 Å². The molecule has 1 aliphatic rings. The molecular formula is C13H19N5O2S. The average molecular weight is 309 g/mol. The van der Waals surface area contributed by atoms with Crippen molar-refractivity contribution in [3.05, 3.63) is 36.2 Å². The van der Waals surface area contributed by atoms with E-state index in [-0.39, 0.29) is 4.90 Å². The molecule has 2 aromatic heterocycles. The summed E-state index contributed by atoms with van der Waals surface area (Å²) < 4.78 is 29.2. The first-order valence-electron chi connectivity index (χ1n) is 6.99. The van der Waals surface area contributed by atoms with E-state index in [9.17, 15) is 8.42 Å². The monoisotopic (exact) mass is 309 g/mol. The number of H-pyrrole nitrogens is 1. The van der Waals surface area contributed by atoms with Crippen molar-refractivity contribution >= 4 is 10.0 Å². The molecule has 0 aliphatic heterocycles. The van der Waals surface area contributed by atoms with Crippen molar-refractivity contribution in [3.8, 4) is 0 Å². The zero-order valence-corrected chi connectivity index (χ0v) is 12.4. The largest absolute Gasteiger partial charge is 0.349 e. The van der Waals surface area contributed by atoms with E-state index < -0.39 is 10.0 Å². The zero-order chi connectivity index (χ0) is 14.9. The molecule has 0 bridgehead atoms. The Balaban J connectivity index is 1.69. The molecule has 3 rings (SSSR count). The number of sulfonamides is 1. The maximum atomic E-state index is 12.3. The van der Waals surface area contributed by atoms with Crippen LogP contribution in [0.2, 0.25) is 0 Å². The van der Waals surface area contributed by atoms with Crippen molar-refractivity contribution in [2.24, 2.45) is 5.73 Å². The molecule has 1 saturated carbocycles. The van der Waals surface area contributed by atoms with Gasteiger partial charge in [-0.2, -0.15) is 0 Å². The lowest BCUT2D eigenvalue weighted by atomic mass is 10.4. The Labute approximate surface area is 123 Å². The van der Waals surface area contributed by atoms with Crippen LogP contribution in [0.4, 0.5) is 0 Å². The highest BCUT2D eigenvalue weighted by molar-refractivity contribution is 7.89. The normalized spacial score (nSPS) is 15.5. The Bertz CT molecular complexity index is 701. The van der Waals surface area contributed by atoms with Gasteiger partial charge in [0, 0.05) is 49.8 Å². The van der Waals surface area contributed by atoms with Gasteiger partial charge in [0.05, 0.1) is 4.90 Å². The van der Waals surface area contributed by atoms with Gasteiger partial charge in [0.1, 0.15) is 5.82 Å². The van der Waals surface area contributed by atoms with Crippen LogP contribution in [0.1, 0.15) is 30.4 Å². The molecule has 0 saturated heterocycles. The number of imidazole rings is 1. The zero-order valence-electron chi connectivity index (χ0n) is 11.6. The molecule has 21 heavy (non-hydrogen) atoms. The molecule has 0 aromatic carbocycles. The molecule has 0 amide bonds. The highest BCUT2D eigenvalue weighted by Gasteiger charge is 2.27. The molecule has 2 aromatic rings. The second kappa shape index (κ2) is 5.63. The van der Waals surface area contributed by atoms with E-state index in [1.165, 1.54) is 0 Å². The smallest absolute Gasteiger partial charge is 0.242 e. The van der Waals surface area contributed by atoms with Crippen molar-refractivity contribution in [2.75, 3.05) is 6.54 Å². The fourth-order valence-electron chi connectivity index (χ4n) is 2.32. The summed E-state index contributed by atoms with van der Waals surface area (Å²) in [4.78, 5) is 7.29. The number of hydrogen-bond acceptors (Lipinski definition) is 4. The van der Waals surface area contributed by atoms with E-state index in [1.807, 2.05) is 4.57 Å². The third-order valence-corrected chi connectivity index (χ3v) is 5.00. The van der Waals surface area contributed by atoms with E-state index in [0.29, 0.717) is 25.6 Å². The van der Waals surface area contributed by atoms with Crippen LogP contribution in [-0.2, 0) is 23.0 Å². The Morgan fingerprint density at radius 2 is 2.29 bits per heavy atom. The van der Waals surface area contributed by atoms with Crippen LogP contribution in [-0.4, -0.2) is 29.5 Å². The third kappa shape index (κ3) is 3.17. The highest BCUT2D eigenvalue weighted by Crippen LogP contribution is 2.37. The van der Waals surface area contributed by atoms with Crippen molar-refractivity contribution in [1.29, 1.82) is 0 Å². The van der Waals surface area contributed by atoms with Gasteiger partial charge in [0.2, 0.25) is 10.0 Å². The molecular weight excluding hydrogens is 290 g/mol. The summed E-state index contributed by atoms with van der Waals surface area (Å²) in [6.07, 6.45) is 7.76.